The summed E-state index contributed by atoms with van der Waals surface area (Å²) in [5.41, 5.74) is 5.34. The van der Waals surface area contributed by atoms with Crippen molar-refractivity contribution in [3.8, 4) is 22.6 Å². The van der Waals surface area contributed by atoms with E-state index < -0.39 is 0 Å². The van der Waals surface area contributed by atoms with Gasteiger partial charge in [0.2, 0.25) is 0 Å². The molecule has 204 valence electrons. The Labute approximate surface area is 241 Å². The zero-order chi connectivity index (χ0) is 27.9. The second kappa shape index (κ2) is 10.3. The maximum atomic E-state index is 13.8. The summed E-state index contributed by atoms with van der Waals surface area (Å²) in [5, 5.41) is 15.7. The Bertz CT molecular complexity index is 1820. The Kier molecular flexibility index (Phi) is 6.36. The van der Waals surface area contributed by atoms with Gasteiger partial charge in [-0.05, 0) is 64.4 Å². The van der Waals surface area contributed by atoms with Gasteiger partial charge in [0, 0.05) is 34.8 Å². The first kappa shape index (κ1) is 25.2. The summed E-state index contributed by atoms with van der Waals surface area (Å²) in [4.78, 5) is 19.0. The van der Waals surface area contributed by atoms with Crippen LogP contribution < -0.4 is 15.6 Å². The summed E-state index contributed by atoms with van der Waals surface area (Å²) in [6, 6.07) is 24.9. The van der Waals surface area contributed by atoms with E-state index in [-0.39, 0.29) is 23.7 Å². The Morgan fingerprint density at radius 2 is 1.95 bits per heavy atom. The van der Waals surface area contributed by atoms with Crippen molar-refractivity contribution >= 4 is 17.4 Å². The van der Waals surface area contributed by atoms with Crippen LogP contribution in [0.2, 0.25) is 5.02 Å². The topological polar surface area (TPSA) is 99.2 Å². The highest BCUT2D eigenvalue weighted by Gasteiger charge is 2.38. The highest BCUT2D eigenvalue weighted by molar-refractivity contribution is 6.31. The summed E-state index contributed by atoms with van der Waals surface area (Å²) in [5.74, 6) is 1.65. The standard InChI is InChI=1S/C31H26ClN7O2/c1-19-7-9-23-28(13-19)41-17-25-30(23)35-31(34-25)27(14-20-5-3-2-4-6-20)38-12-11-21(15-29(38)40)24-16-22(32)8-10-26(24)39-18-33-36-37-39/h2-13,15-16,18,25,27,30H,14,17H2,1H3,(H,34,35). The van der Waals surface area contributed by atoms with Crippen LogP contribution in [-0.4, -0.2) is 43.3 Å². The first-order valence-electron chi connectivity index (χ1n) is 13.4. The molecule has 0 fully saturated rings. The fourth-order valence-corrected chi connectivity index (χ4v) is 5.80. The van der Waals surface area contributed by atoms with E-state index in [9.17, 15) is 4.79 Å². The van der Waals surface area contributed by atoms with Crippen LogP contribution in [0.4, 0.5) is 0 Å². The maximum absolute atomic E-state index is 13.8. The van der Waals surface area contributed by atoms with Crippen molar-refractivity contribution < 1.29 is 4.74 Å². The summed E-state index contributed by atoms with van der Waals surface area (Å²) in [6.07, 6.45) is 3.94. The summed E-state index contributed by atoms with van der Waals surface area (Å²) in [6.45, 7) is 2.56. The van der Waals surface area contributed by atoms with Crippen molar-refractivity contribution in [3.05, 3.63) is 123 Å². The molecule has 4 heterocycles. The second-order valence-corrected chi connectivity index (χ2v) is 10.8. The third-order valence-electron chi connectivity index (χ3n) is 7.64. The number of aryl methyl sites for hydroxylation is 1. The number of aromatic nitrogens is 5. The van der Waals surface area contributed by atoms with Crippen LogP contribution in [0.15, 0.2) is 101 Å². The van der Waals surface area contributed by atoms with Crippen LogP contribution in [0.5, 0.6) is 5.75 Å². The molecule has 5 aromatic rings. The number of halogens is 1. The molecular formula is C31H26ClN7O2. The Balaban J connectivity index is 1.29. The highest BCUT2D eigenvalue weighted by atomic mass is 35.5. The number of fused-ring (bicyclic) bond motifs is 3. The van der Waals surface area contributed by atoms with Crippen molar-refractivity contribution in [2.24, 2.45) is 4.99 Å². The first-order valence-corrected chi connectivity index (χ1v) is 13.8. The van der Waals surface area contributed by atoms with Gasteiger partial charge in [0.25, 0.3) is 5.56 Å². The van der Waals surface area contributed by atoms with Gasteiger partial charge >= 0.3 is 0 Å². The molecule has 9 nitrogen and oxygen atoms in total. The molecule has 0 saturated carbocycles. The van der Waals surface area contributed by atoms with Gasteiger partial charge in [-0.15, -0.1) is 5.10 Å². The van der Waals surface area contributed by atoms with E-state index in [4.69, 9.17) is 21.3 Å². The molecule has 2 aliphatic heterocycles. The number of tetrazole rings is 1. The number of nitrogens with zero attached hydrogens (tertiary/aromatic N) is 6. The average Bonchev–Trinajstić information content (AvgIpc) is 3.67. The zero-order valence-corrected chi connectivity index (χ0v) is 22.9. The fourth-order valence-electron chi connectivity index (χ4n) is 5.63. The monoisotopic (exact) mass is 563 g/mol. The molecule has 3 aromatic carbocycles. The number of rotatable bonds is 6. The molecule has 7 rings (SSSR count). The van der Waals surface area contributed by atoms with Crippen LogP contribution in [0.25, 0.3) is 16.8 Å². The van der Waals surface area contributed by atoms with E-state index in [1.54, 1.807) is 21.4 Å². The normalized spacial score (nSPS) is 18.0. The first-order chi connectivity index (χ1) is 20.0. The maximum Gasteiger partial charge on any atom is 0.251 e. The SMILES string of the molecule is Cc1ccc2c(c1)OCC1NC(C(Cc3ccccc3)n3ccc(-c4cc(Cl)ccc4-n4cnnn4)cc3=O)=NC21. The summed E-state index contributed by atoms with van der Waals surface area (Å²) < 4.78 is 9.38. The molecule has 0 spiro atoms. The third kappa shape index (κ3) is 4.78. The number of aliphatic imine (C=N–C) groups is 1. The van der Waals surface area contributed by atoms with Crippen molar-refractivity contribution in [2.45, 2.75) is 31.5 Å². The van der Waals surface area contributed by atoms with Crippen LogP contribution in [-0.2, 0) is 6.42 Å². The number of hydrogen-bond acceptors (Lipinski definition) is 7. The van der Waals surface area contributed by atoms with Crippen molar-refractivity contribution in [3.63, 3.8) is 0 Å². The fraction of sp³-hybridized carbons (Fsp3) is 0.194. The molecule has 1 N–H and O–H groups in total. The van der Waals surface area contributed by atoms with E-state index in [1.165, 1.54) is 6.33 Å². The summed E-state index contributed by atoms with van der Waals surface area (Å²) in [7, 11) is 0. The van der Waals surface area contributed by atoms with Crippen molar-refractivity contribution in [1.29, 1.82) is 0 Å². The molecule has 0 bridgehead atoms. The largest absolute Gasteiger partial charge is 0.491 e. The molecule has 0 saturated heterocycles. The predicted molar refractivity (Wildman–Crippen MR) is 157 cm³/mol. The van der Waals surface area contributed by atoms with Gasteiger partial charge in [0.15, 0.2) is 0 Å². The average molecular weight is 564 g/mol. The highest BCUT2D eigenvalue weighted by Crippen LogP contribution is 2.39. The molecule has 41 heavy (non-hydrogen) atoms. The third-order valence-corrected chi connectivity index (χ3v) is 7.87. The van der Waals surface area contributed by atoms with Gasteiger partial charge in [-0.1, -0.05) is 54.1 Å². The van der Waals surface area contributed by atoms with Gasteiger partial charge in [0.05, 0.1) is 17.8 Å². The Morgan fingerprint density at radius 3 is 2.76 bits per heavy atom. The van der Waals surface area contributed by atoms with Crippen LogP contribution in [0.3, 0.4) is 0 Å². The predicted octanol–water partition coefficient (Wildman–Crippen LogP) is 4.74. The lowest BCUT2D eigenvalue weighted by Crippen LogP contribution is -2.43. The van der Waals surface area contributed by atoms with Crippen molar-refractivity contribution in [2.75, 3.05) is 6.61 Å². The van der Waals surface area contributed by atoms with Gasteiger partial charge in [-0.2, -0.15) is 4.68 Å². The van der Waals surface area contributed by atoms with Gasteiger partial charge in [-0.3, -0.25) is 9.79 Å². The lowest BCUT2D eigenvalue weighted by Gasteiger charge is -2.28. The van der Waals surface area contributed by atoms with E-state index in [0.29, 0.717) is 23.6 Å². The lowest BCUT2D eigenvalue weighted by molar-refractivity contribution is 0.238. The number of amidine groups is 1. The molecule has 2 aromatic heterocycles. The van der Waals surface area contributed by atoms with E-state index in [1.807, 2.05) is 42.6 Å². The van der Waals surface area contributed by atoms with Gasteiger partial charge < -0.3 is 14.6 Å². The molecule has 3 unspecified atom stereocenters. The van der Waals surface area contributed by atoms with Crippen LogP contribution in [0, 0.1) is 6.92 Å². The van der Waals surface area contributed by atoms with Gasteiger partial charge in [0.1, 0.15) is 30.6 Å². The molecule has 2 aliphatic rings. The Hall–Kier alpha value is -4.76. The van der Waals surface area contributed by atoms with E-state index in [0.717, 1.165) is 39.5 Å². The molecular weight excluding hydrogens is 538 g/mol. The smallest absolute Gasteiger partial charge is 0.251 e. The summed E-state index contributed by atoms with van der Waals surface area (Å²) >= 11 is 6.35. The lowest BCUT2D eigenvalue weighted by atomic mass is 9.97. The van der Waals surface area contributed by atoms with Gasteiger partial charge in [-0.25, -0.2) is 0 Å². The number of pyridine rings is 1. The molecule has 0 amide bonds. The minimum absolute atomic E-state index is 0.00115. The van der Waals surface area contributed by atoms with Crippen molar-refractivity contribution in [1.82, 2.24) is 30.1 Å². The quantitative estimate of drug-likeness (QED) is 0.320. The number of benzene rings is 3. The number of ether oxygens (including phenoxy) is 1. The Morgan fingerprint density at radius 1 is 1.07 bits per heavy atom. The number of nitrogens with one attached hydrogen (secondary N) is 1. The second-order valence-electron chi connectivity index (χ2n) is 10.3. The molecule has 0 aliphatic carbocycles. The molecule has 3 atom stereocenters. The zero-order valence-electron chi connectivity index (χ0n) is 22.2. The minimum Gasteiger partial charge on any atom is -0.491 e. The number of hydrogen-bond donors (Lipinski definition) is 1. The minimum atomic E-state index is -0.336. The molecule has 0 radical (unpaired) electrons. The van der Waals surface area contributed by atoms with Crippen LogP contribution in [0.1, 0.15) is 28.8 Å². The molecule has 10 heteroatoms. The van der Waals surface area contributed by atoms with E-state index in [2.05, 4.69) is 58.1 Å². The van der Waals surface area contributed by atoms with Crippen LogP contribution >= 0.6 is 11.6 Å². The van der Waals surface area contributed by atoms with E-state index >= 15 is 0 Å².